The van der Waals surface area contributed by atoms with Crippen LogP contribution in [0.2, 0.25) is 0 Å². The van der Waals surface area contributed by atoms with Gasteiger partial charge in [-0.15, -0.1) is 0 Å². The predicted octanol–water partition coefficient (Wildman–Crippen LogP) is 15.0. The zero-order valence-electron chi connectivity index (χ0n) is 38.4. The molecule has 0 radical (unpaired) electrons. The number of ether oxygens (including phenoxy) is 2. The first kappa shape index (κ1) is 54.9. The molecule has 0 saturated heterocycles. The highest BCUT2D eigenvalue weighted by Gasteiger charge is 2.16. The Bertz CT molecular complexity index is 744. The average molecular weight is 794 g/mol. The van der Waals surface area contributed by atoms with E-state index in [1.807, 2.05) is 0 Å². The number of hydrogen-bond donors (Lipinski definition) is 1. The molecule has 0 amide bonds. The van der Waals surface area contributed by atoms with Gasteiger partial charge >= 0.3 is 11.9 Å². The van der Waals surface area contributed by atoms with Crippen LogP contribution in [0.4, 0.5) is 0 Å². The van der Waals surface area contributed by atoms with Crippen LogP contribution in [0.15, 0.2) is 0 Å². The molecule has 0 fully saturated rings. The number of rotatable bonds is 46. The highest BCUT2D eigenvalue weighted by molar-refractivity contribution is 5.69. The van der Waals surface area contributed by atoms with E-state index in [9.17, 15) is 14.7 Å². The molecule has 2 atom stereocenters. The fourth-order valence-electron chi connectivity index (χ4n) is 8.02. The fraction of sp³-hybridized carbons (Fsp3) is 0.960. The highest BCUT2D eigenvalue weighted by Crippen LogP contribution is 2.20. The van der Waals surface area contributed by atoms with E-state index in [2.05, 4.69) is 32.6 Å². The summed E-state index contributed by atoms with van der Waals surface area (Å²) in [5.74, 6) is 0.0269. The molecule has 0 aliphatic heterocycles. The molecule has 6 heteroatoms. The first-order valence-corrected chi connectivity index (χ1v) is 25.2. The van der Waals surface area contributed by atoms with Crippen molar-refractivity contribution in [1.82, 2.24) is 4.90 Å². The molecule has 6 nitrogen and oxygen atoms in total. The van der Waals surface area contributed by atoms with Gasteiger partial charge in [0.15, 0.2) is 0 Å². The maximum absolute atomic E-state index is 12.7. The monoisotopic (exact) mass is 794 g/mol. The summed E-state index contributed by atoms with van der Waals surface area (Å²) in [6, 6.07) is 0. The van der Waals surface area contributed by atoms with Crippen LogP contribution in [0.5, 0.6) is 0 Å². The van der Waals surface area contributed by atoms with Crippen molar-refractivity contribution in [2.24, 2.45) is 0 Å². The molecule has 0 aliphatic rings. The van der Waals surface area contributed by atoms with E-state index in [1.54, 1.807) is 0 Å². The molecule has 1 N–H and O–H groups in total. The second-order valence-electron chi connectivity index (χ2n) is 17.3. The Morgan fingerprint density at radius 1 is 0.375 bits per heavy atom. The van der Waals surface area contributed by atoms with E-state index >= 15 is 0 Å². The maximum Gasteiger partial charge on any atom is 0.306 e. The Morgan fingerprint density at radius 2 is 0.643 bits per heavy atom. The maximum atomic E-state index is 12.7. The number of carbonyl (C=O) groups is 2. The van der Waals surface area contributed by atoms with Gasteiger partial charge in [-0.3, -0.25) is 9.59 Å². The van der Waals surface area contributed by atoms with Crippen molar-refractivity contribution in [3.63, 3.8) is 0 Å². The molecular formula is C50H99NO5. The summed E-state index contributed by atoms with van der Waals surface area (Å²) in [4.78, 5) is 27.8. The van der Waals surface area contributed by atoms with Crippen molar-refractivity contribution in [3.8, 4) is 0 Å². The van der Waals surface area contributed by atoms with E-state index in [0.717, 1.165) is 96.7 Å². The van der Waals surface area contributed by atoms with Gasteiger partial charge in [0.1, 0.15) is 12.2 Å². The van der Waals surface area contributed by atoms with Gasteiger partial charge in [0.2, 0.25) is 0 Å². The van der Waals surface area contributed by atoms with Crippen LogP contribution in [0, 0.1) is 0 Å². The minimum atomic E-state index is 0.0135. The van der Waals surface area contributed by atoms with E-state index in [1.165, 1.54) is 154 Å². The Hall–Kier alpha value is -1.14. The quantitative estimate of drug-likeness (QED) is 0.0489. The normalized spacial score (nSPS) is 12.7. The molecular weight excluding hydrogens is 695 g/mol. The lowest BCUT2D eigenvalue weighted by Crippen LogP contribution is -2.29. The molecule has 0 aromatic carbocycles. The van der Waals surface area contributed by atoms with Crippen molar-refractivity contribution < 1.29 is 24.2 Å². The molecule has 56 heavy (non-hydrogen) atoms. The summed E-state index contributed by atoms with van der Waals surface area (Å²) in [7, 11) is 0. The third kappa shape index (κ3) is 39.7. The van der Waals surface area contributed by atoms with Crippen molar-refractivity contribution in [2.45, 2.75) is 284 Å². The molecule has 0 spiro atoms. The highest BCUT2D eigenvalue weighted by atomic mass is 16.5. The van der Waals surface area contributed by atoms with E-state index in [-0.39, 0.29) is 30.8 Å². The molecule has 0 aromatic heterocycles. The lowest BCUT2D eigenvalue weighted by atomic mass is 10.0. The van der Waals surface area contributed by atoms with Crippen LogP contribution in [0.25, 0.3) is 0 Å². The molecule has 0 rings (SSSR count). The van der Waals surface area contributed by atoms with Gasteiger partial charge in [0.05, 0.1) is 6.61 Å². The molecule has 2 unspecified atom stereocenters. The molecule has 0 heterocycles. The minimum Gasteiger partial charge on any atom is -0.462 e. The zero-order valence-corrected chi connectivity index (χ0v) is 38.4. The molecule has 0 saturated carbocycles. The number of aliphatic hydroxyl groups is 1. The Morgan fingerprint density at radius 3 is 0.946 bits per heavy atom. The second-order valence-corrected chi connectivity index (χ2v) is 17.3. The predicted molar refractivity (Wildman–Crippen MR) is 241 cm³/mol. The third-order valence-corrected chi connectivity index (χ3v) is 11.7. The number of carbonyl (C=O) groups excluding carboxylic acids is 2. The Labute approximate surface area is 350 Å². The van der Waals surface area contributed by atoms with Crippen molar-refractivity contribution >= 4 is 11.9 Å². The van der Waals surface area contributed by atoms with E-state index < -0.39 is 0 Å². The van der Waals surface area contributed by atoms with Crippen LogP contribution < -0.4 is 0 Å². The van der Waals surface area contributed by atoms with Gasteiger partial charge in [-0.05, 0) is 90.1 Å². The number of aliphatic hydroxyl groups excluding tert-OH is 1. The van der Waals surface area contributed by atoms with Crippen LogP contribution in [0.1, 0.15) is 272 Å². The summed E-state index contributed by atoms with van der Waals surface area (Å²) in [6.45, 7) is 12.1. The molecule has 0 aromatic rings. The Kier molecular flexibility index (Phi) is 44.0. The molecule has 0 bridgehead atoms. The third-order valence-electron chi connectivity index (χ3n) is 11.7. The standard InChI is InChI=1S/C50H99NO5/c1-5-9-13-17-23-31-39-47(37-29-21-15-11-7-3)55-49(53)41-33-25-19-27-35-43-51(45-46-52)44-36-28-20-26-34-42-50(54)56-48(38-30-22-16-12-8-4)40-32-24-18-14-10-6-2/h47-48,52H,5-46H2,1-4H3. The van der Waals surface area contributed by atoms with Crippen LogP contribution in [-0.2, 0) is 19.1 Å². The number of esters is 2. The smallest absolute Gasteiger partial charge is 0.306 e. The van der Waals surface area contributed by atoms with Crippen LogP contribution >= 0.6 is 0 Å². The van der Waals surface area contributed by atoms with Crippen molar-refractivity contribution in [3.05, 3.63) is 0 Å². The summed E-state index contributed by atoms with van der Waals surface area (Å²) in [6.07, 6.45) is 44.4. The SMILES string of the molecule is CCCCCCCCC(CCCCCCC)OC(=O)CCCCCCCN(CCO)CCCCCCCC(=O)OC(CCCCCCC)CCCCCCCC. The zero-order chi connectivity index (χ0) is 41.0. The van der Waals surface area contributed by atoms with E-state index in [4.69, 9.17) is 9.47 Å². The summed E-state index contributed by atoms with van der Waals surface area (Å²) in [5.41, 5.74) is 0. The lowest BCUT2D eigenvalue weighted by molar-refractivity contribution is -0.151. The summed E-state index contributed by atoms with van der Waals surface area (Å²) < 4.78 is 12.0. The van der Waals surface area contributed by atoms with Gasteiger partial charge < -0.3 is 19.5 Å². The topological polar surface area (TPSA) is 76.1 Å². The fourth-order valence-corrected chi connectivity index (χ4v) is 8.02. The van der Waals surface area contributed by atoms with Gasteiger partial charge in [0.25, 0.3) is 0 Å². The van der Waals surface area contributed by atoms with Gasteiger partial charge in [-0.25, -0.2) is 0 Å². The average Bonchev–Trinajstić information content (AvgIpc) is 3.19. The number of nitrogens with zero attached hydrogens (tertiary/aromatic N) is 1. The largest absolute Gasteiger partial charge is 0.462 e. The van der Waals surface area contributed by atoms with Gasteiger partial charge in [-0.1, -0.05) is 182 Å². The van der Waals surface area contributed by atoms with Crippen LogP contribution in [-0.4, -0.2) is 60.4 Å². The Balaban J connectivity index is 4.17. The first-order valence-electron chi connectivity index (χ1n) is 25.2. The minimum absolute atomic E-state index is 0.0135. The van der Waals surface area contributed by atoms with Gasteiger partial charge in [-0.2, -0.15) is 0 Å². The molecule has 0 aliphatic carbocycles. The first-order chi connectivity index (χ1) is 27.5. The van der Waals surface area contributed by atoms with Crippen molar-refractivity contribution in [1.29, 1.82) is 0 Å². The molecule has 334 valence electrons. The van der Waals surface area contributed by atoms with Crippen LogP contribution in [0.3, 0.4) is 0 Å². The lowest BCUT2D eigenvalue weighted by Gasteiger charge is -2.21. The van der Waals surface area contributed by atoms with Crippen molar-refractivity contribution in [2.75, 3.05) is 26.2 Å². The summed E-state index contributed by atoms with van der Waals surface area (Å²) in [5, 5.41) is 9.63. The summed E-state index contributed by atoms with van der Waals surface area (Å²) >= 11 is 0. The van der Waals surface area contributed by atoms with Gasteiger partial charge in [0, 0.05) is 19.4 Å². The number of unbranched alkanes of at least 4 members (excludes halogenated alkanes) is 26. The number of hydrogen-bond acceptors (Lipinski definition) is 6. The van der Waals surface area contributed by atoms with E-state index in [0.29, 0.717) is 12.8 Å². The second kappa shape index (κ2) is 45.0.